The van der Waals surface area contributed by atoms with Crippen molar-refractivity contribution in [1.82, 2.24) is 0 Å². The lowest BCUT2D eigenvalue weighted by atomic mass is 9.97. The van der Waals surface area contributed by atoms with E-state index in [1.807, 2.05) is 42.7 Å². The van der Waals surface area contributed by atoms with Gasteiger partial charge >= 0.3 is 0 Å². The normalized spacial score (nSPS) is 24.1. The summed E-state index contributed by atoms with van der Waals surface area (Å²) in [7, 11) is 1.67. The molecule has 1 aliphatic heterocycles. The molecule has 4 nitrogen and oxygen atoms in total. The van der Waals surface area contributed by atoms with Crippen LogP contribution in [-0.4, -0.2) is 25.6 Å². The zero-order valence-electron chi connectivity index (χ0n) is 16.0. The van der Waals surface area contributed by atoms with Crippen molar-refractivity contribution >= 4 is 0 Å². The van der Waals surface area contributed by atoms with Crippen LogP contribution in [0.5, 0.6) is 0 Å². The fourth-order valence-corrected chi connectivity index (χ4v) is 3.21. The zero-order chi connectivity index (χ0) is 18.9. The molecule has 1 unspecified atom stereocenters. The van der Waals surface area contributed by atoms with Crippen LogP contribution in [0.4, 0.5) is 0 Å². The van der Waals surface area contributed by atoms with Gasteiger partial charge in [0.05, 0.1) is 25.1 Å². The van der Waals surface area contributed by atoms with E-state index >= 15 is 0 Å². The Morgan fingerprint density at radius 3 is 2.19 bits per heavy atom. The molecule has 2 aromatic carbocycles. The van der Waals surface area contributed by atoms with Gasteiger partial charge in [-0.2, -0.15) is 0 Å². The summed E-state index contributed by atoms with van der Waals surface area (Å²) in [6, 6.07) is 20.3. The molecule has 27 heavy (non-hydrogen) atoms. The molecule has 0 radical (unpaired) electrons. The fourth-order valence-electron chi connectivity index (χ4n) is 3.21. The van der Waals surface area contributed by atoms with Gasteiger partial charge in [-0.3, -0.25) is 0 Å². The quantitative estimate of drug-likeness (QED) is 0.625. The first-order valence-corrected chi connectivity index (χ1v) is 9.49. The second-order valence-corrected chi connectivity index (χ2v) is 6.63. The van der Waals surface area contributed by atoms with Crippen LogP contribution in [0.1, 0.15) is 30.9 Å². The number of ether oxygens (including phenoxy) is 4. The summed E-state index contributed by atoms with van der Waals surface area (Å²) in [6.45, 7) is 3.18. The van der Waals surface area contributed by atoms with Crippen molar-refractivity contribution in [3.8, 4) is 0 Å². The second-order valence-electron chi connectivity index (χ2n) is 6.63. The van der Waals surface area contributed by atoms with Gasteiger partial charge in [0.25, 0.3) is 0 Å². The zero-order valence-corrected chi connectivity index (χ0v) is 16.0. The van der Waals surface area contributed by atoms with Crippen LogP contribution < -0.4 is 0 Å². The topological polar surface area (TPSA) is 36.9 Å². The Hall–Kier alpha value is -2.14. The molecule has 0 aliphatic carbocycles. The summed E-state index contributed by atoms with van der Waals surface area (Å²) in [5.74, 6) is 0. The van der Waals surface area contributed by atoms with Crippen molar-refractivity contribution < 1.29 is 18.9 Å². The molecular weight excluding hydrogens is 340 g/mol. The van der Waals surface area contributed by atoms with Crippen LogP contribution >= 0.6 is 0 Å². The molecule has 0 N–H and O–H groups in total. The monoisotopic (exact) mass is 368 g/mol. The second kappa shape index (κ2) is 10.3. The lowest BCUT2D eigenvalue weighted by Crippen LogP contribution is -2.40. The van der Waals surface area contributed by atoms with Crippen LogP contribution in [0, 0.1) is 0 Å². The number of rotatable bonds is 8. The van der Waals surface area contributed by atoms with Gasteiger partial charge in [0, 0.05) is 19.1 Å². The Balaban J connectivity index is 1.69. The van der Waals surface area contributed by atoms with Crippen molar-refractivity contribution in [2.24, 2.45) is 0 Å². The molecule has 3 atom stereocenters. The van der Waals surface area contributed by atoms with E-state index < -0.39 is 0 Å². The Labute approximate surface area is 161 Å². The highest BCUT2D eigenvalue weighted by atomic mass is 16.7. The summed E-state index contributed by atoms with van der Waals surface area (Å²) in [6.07, 6.45) is 2.89. The van der Waals surface area contributed by atoms with Gasteiger partial charge < -0.3 is 18.9 Å². The summed E-state index contributed by atoms with van der Waals surface area (Å²) in [4.78, 5) is 0. The third-order valence-electron chi connectivity index (χ3n) is 4.71. The number of hydrogen-bond acceptors (Lipinski definition) is 4. The molecule has 4 heteroatoms. The predicted octanol–water partition coefficient (Wildman–Crippen LogP) is 4.84. The van der Waals surface area contributed by atoms with E-state index in [1.165, 1.54) is 0 Å². The summed E-state index contributed by atoms with van der Waals surface area (Å²) in [5.41, 5.74) is 3.32. The van der Waals surface area contributed by atoms with E-state index in [-0.39, 0.29) is 18.5 Å². The van der Waals surface area contributed by atoms with Gasteiger partial charge in [0.15, 0.2) is 6.29 Å². The molecule has 0 aromatic heterocycles. The molecule has 2 aromatic rings. The molecule has 0 amide bonds. The molecule has 1 saturated heterocycles. The minimum Gasteiger partial charge on any atom is -0.496 e. The Morgan fingerprint density at radius 1 is 0.963 bits per heavy atom. The lowest BCUT2D eigenvalue weighted by molar-refractivity contribution is -0.190. The minimum atomic E-state index is -0.262. The molecule has 0 spiro atoms. The Bertz CT molecular complexity index is 699. The van der Waals surface area contributed by atoms with Crippen molar-refractivity contribution in [3.63, 3.8) is 0 Å². The van der Waals surface area contributed by atoms with Crippen molar-refractivity contribution in [3.05, 3.63) is 83.6 Å². The first-order chi connectivity index (χ1) is 13.3. The van der Waals surface area contributed by atoms with Gasteiger partial charge in [-0.15, -0.1) is 0 Å². The van der Waals surface area contributed by atoms with Crippen LogP contribution in [0.2, 0.25) is 0 Å². The van der Waals surface area contributed by atoms with E-state index in [4.69, 9.17) is 18.9 Å². The number of benzene rings is 2. The van der Waals surface area contributed by atoms with E-state index in [2.05, 4.69) is 31.2 Å². The maximum atomic E-state index is 6.24. The first-order valence-electron chi connectivity index (χ1n) is 9.49. The van der Waals surface area contributed by atoms with E-state index in [1.54, 1.807) is 7.11 Å². The largest absolute Gasteiger partial charge is 0.496 e. The summed E-state index contributed by atoms with van der Waals surface area (Å²) >= 11 is 0. The van der Waals surface area contributed by atoms with Gasteiger partial charge in [-0.25, -0.2) is 0 Å². The van der Waals surface area contributed by atoms with Crippen LogP contribution in [-0.2, 0) is 32.2 Å². The SMILES string of the molecule is CCC1O[C@@H](OC)C[C@@H](OCc2ccccc2)/C1=C\OCc1ccccc1. The Kier molecular flexibility index (Phi) is 7.45. The Morgan fingerprint density at radius 2 is 1.59 bits per heavy atom. The van der Waals surface area contributed by atoms with E-state index in [0.717, 1.165) is 23.1 Å². The fraction of sp³-hybridized carbons (Fsp3) is 0.391. The highest BCUT2D eigenvalue weighted by Crippen LogP contribution is 2.30. The van der Waals surface area contributed by atoms with Crippen LogP contribution in [0.15, 0.2) is 72.5 Å². The van der Waals surface area contributed by atoms with Gasteiger partial charge in [0.1, 0.15) is 6.61 Å². The van der Waals surface area contributed by atoms with E-state index in [0.29, 0.717) is 19.6 Å². The number of hydrogen-bond donors (Lipinski definition) is 0. The average molecular weight is 368 g/mol. The highest BCUT2D eigenvalue weighted by molar-refractivity contribution is 5.18. The smallest absolute Gasteiger partial charge is 0.160 e. The molecule has 144 valence electrons. The average Bonchev–Trinajstić information content (AvgIpc) is 2.74. The summed E-state index contributed by atoms with van der Waals surface area (Å²) in [5, 5.41) is 0. The molecule has 1 aliphatic rings. The van der Waals surface area contributed by atoms with Crippen molar-refractivity contribution in [1.29, 1.82) is 0 Å². The lowest BCUT2D eigenvalue weighted by Gasteiger charge is -2.36. The molecule has 3 rings (SSSR count). The van der Waals surface area contributed by atoms with Gasteiger partial charge in [0.2, 0.25) is 0 Å². The van der Waals surface area contributed by atoms with Gasteiger partial charge in [-0.1, -0.05) is 67.6 Å². The third kappa shape index (κ3) is 5.67. The molecule has 1 heterocycles. The minimum absolute atomic E-state index is 0.0692. The molecule has 0 bridgehead atoms. The third-order valence-corrected chi connectivity index (χ3v) is 4.71. The molecule has 1 fully saturated rings. The van der Waals surface area contributed by atoms with Crippen molar-refractivity contribution in [2.75, 3.05) is 7.11 Å². The maximum absolute atomic E-state index is 6.24. The summed E-state index contributed by atoms with van der Waals surface area (Å²) < 4.78 is 23.6. The molecule has 0 saturated carbocycles. The van der Waals surface area contributed by atoms with Crippen LogP contribution in [0.25, 0.3) is 0 Å². The molecular formula is C23H28O4. The van der Waals surface area contributed by atoms with E-state index in [9.17, 15) is 0 Å². The van der Waals surface area contributed by atoms with Gasteiger partial charge in [-0.05, 0) is 17.5 Å². The highest BCUT2D eigenvalue weighted by Gasteiger charge is 2.34. The van der Waals surface area contributed by atoms with Crippen LogP contribution in [0.3, 0.4) is 0 Å². The predicted molar refractivity (Wildman–Crippen MR) is 105 cm³/mol. The first kappa shape index (κ1) is 19.6. The number of methoxy groups -OCH3 is 1. The van der Waals surface area contributed by atoms with Crippen molar-refractivity contribution in [2.45, 2.75) is 51.5 Å². The maximum Gasteiger partial charge on any atom is 0.160 e. The standard InChI is InChI=1S/C23H28O4/c1-3-21-20(17-25-15-18-10-6-4-7-11-18)22(14-23(24-2)27-21)26-16-19-12-8-5-9-13-19/h4-13,17,21-23H,3,14-16H2,1-2H3/b20-17-/t21?,22-,23-/m1/s1.